The molecule has 7 heteroatoms. The average Bonchev–Trinajstić information content (AvgIpc) is 2.42. The molecule has 0 rings (SSSR count). The van der Waals surface area contributed by atoms with E-state index in [4.69, 9.17) is 19.2 Å². The van der Waals surface area contributed by atoms with Crippen molar-refractivity contribution in [1.29, 1.82) is 0 Å². The van der Waals surface area contributed by atoms with E-state index in [-0.39, 0.29) is 19.2 Å². The van der Waals surface area contributed by atoms with Gasteiger partial charge in [0.05, 0.1) is 13.2 Å². The van der Waals surface area contributed by atoms with Gasteiger partial charge in [0.25, 0.3) is 0 Å². The molecule has 0 aromatic rings. The maximum Gasteiger partial charge on any atom is 0.333 e. The fourth-order valence-electron chi connectivity index (χ4n) is 1.19. The summed E-state index contributed by atoms with van der Waals surface area (Å²) < 4.78 is 9.27. The summed E-state index contributed by atoms with van der Waals surface area (Å²) in [4.78, 5) is 32.3. The van der Waals surface area contributed by atoms with Crippen LogP contribution >= 0.6 is 15.9 Å². The zero-order chi connectivity index (χ0) is 17.0. The highest BCUT2D eigenvalue weighted by Crippen LogP contribution is 2.17. The molecule has 0 saturated heterocycles. The molecule has 128 valence electrons. The average molecular weight is 381 g/mol. The van der Waals surface area contributed by atoms with Crippen molar-refractivity contribution in [3.8, 4) is 0 Å². The monoisotopic (exact) mass is 380 g/mol. The van der Waals surface area contributed by atoms with E-state index in [1.54, 1.807) is 20.8 Å². The van der Waals surface area contributed by atoms with E-state index in [0.29, 0.717) is 18.8 Å². The lowest BCUT2D eigenvalue weighted by Crippen LogP contribution is -2.26. The second-order valence-corrected chi connectivity index (χ2v) is 7.21. The molecule has 0 bridgehead atoms. The second kappa shape index (κ2) is 11.6. The molecule has 0 unspecified atom stereocenters. The van der Waals surface area contributed by atoms with Crippen LogP contribution in [-0.4, -0.2) is 42.7 Å². The van der Waals surface area contributed by atoms with Crippen LogP contribution in [0, 0.1) is 0 Å². The lowest BCUT2D eigenvalue weighted by Gasteiger charge is -2.14. The lowest BCUT2D eigenvalue weighted by atomic mass is 10.2. The smallest absolute Gasteiger partial charge is 0.333 e. The molecule has 0 aliphatic rings. The van der Waals surface area contributed by atoms with Gasteiger partial charge < -0.3 is 9.47 Å². The Bertz CT molecular complexity index is 362. The van der Waals surface area contributed by atoms with Gasteiger partial charge in [-0.3, -0.25) is 4.79 Å². The van der Waals surface area contributed by atoms with E-state index in [2.05, 4.69) is 22.5 Å². The molecule has 0 radical (unpaired) electrons. The van der Waals surface area contributed by atoms with Crippen LogP contribution in [0.25, 0.3) is 0 Å². The Morgan fingerprint density at radius 2 is 1.55 bits per heavy atom. The predicted octanol–water partition coefficient (Wildman–Crippen LogP) is 2.94. The minimum absolute atomic E-state index is 0.129. The first kappa shape index (κ1) is 21.1. The molecule has 0 amide bonds. The maximum absolute atomic E-state index is 11.4. The number of ether oxygens (including phenoxy) is 2. The van der Waals surface area contributed by atoms with Gasteiger partial charge in [-0.2, -0.15) is 0 Å². The Morgan fingerprint density at radius 3 is 2.14 bits per heavy atom. The van der Waals surface area contributed by atoms with Crippen molar-refractivity contribution in [3.05, 3.63) is 12.2 Å². The van der Waals surface area contributed by atoms with Gasteiger partial charge in [0, 0.05) is 5.57 Å². The quantitative estimate of drug-likeness (QED) is 0.129. The third-order valence-electron chi connectivity index (χ3n) is 2.42. The number of unbranched alkanes of at least 4 members (excludes halogenated alkanes) is 2. The third kappa shape index (κ3) is 11.7. The van der Waals surface area contributed by atoms with Crippen LogP contribution in [0.5, 0.6) is 0 Å². The van der Waals surface area contributed by atoms with Crippen molar-refractivity contribution in [2.45, 2.75) is 44.4 Å². The van der Waals surface area contributed by atoms with E-state index < -0.39 is 10.3 Å². The van der Waals surface area contributed by atoms with Crippen LogP contribution in [0.15, 0.2) is 12.2 Å². The number of carbonyl (C=O) groups is 2. The molecule has 22 heavy (non-hydrogen) atoms. The van der Waals surface area contributed by atoms with Gasteiger partial charge in [-0.1, -0.05) is 22.5 Å². The van der Waals surface area contributed by atoms with Crippen LogP contribution in [0.2, 0.25) is 0 Å². The van der Waals surface area contributed by atoms with Crippen molar-refractivity contribution in [1.82, 2.24) is 0 Å². The molecule has 0 fully saturated rings. The van der Waals surface area contributed by atoms with Crippen molar-refractivity contribution >= 4 is 27.9 Å². The molecule has 0 aromatic carbocycles. The molecule has 0 N–H and O–H groups in total. The van der Waals surface area contributed by atoms with Crippen LogP contribution in [0.4, 0.5) is 0 Å². The number of hydrogen-bond donors (Lipinski definition) is 0. The highest BCUT2D eigenvalue weighted by atomic mass is 79.9. The van der Waals surface area contributed by atoms with E-state index in [1.165, 1.54) is 0 Å². The van der Waals surface area contributed by atoms with Gasteiger partial charge in [-0.15, -0.1) is 0 Å². The molecule has 0 aliphatic carbocycles. The van der Waals surface area contributed by atoms with E-state index in [1.807, 2.05) is 0 Å². The number of rotatable bonds is 12. The molecule has 0 aliphatic heterocycles. The van der Waals surface area contributed by atoms with Crippen molar-refractivity contribution < 1.29 is 28.8 Å². The predicted molar refractivity (Wildman–Crippen MR) is 85.5 cm³/mol. The summed E-state index contributed by atoms with van der Waals surface area (Å²) >= 11 is 3.24. The summed E-state index contributed by atoms with van der Waals surface area (Å²) in [5.41, 5.74) is 0.352. The molecule has 0 aromatic heterocycles. The van der Waals surface area contributed by atoms with E-state index in [9.17, 15) is 9.59 Å². The molecular formula is C15H25BrO6. The summed E-state index contributed by atoms with van der Waals surface area (Å²) in [7, 11) is 0. The molecule has 0 atom stereocenters. The summed E-state index contributed by atoms with van der Waals surface area (Å²) in [6.45, 7) is 9.67. The molecule has 0 saturated carbocycles. The highest BCUT2D eigenvalue weighted by Gasteiger charge is 2.24. The van der Waals surface area contributed by atoms with Gasteiger partial charge >= 0.3 is 11.9 Å². The largest absolute Gasteiger partial charge is 0.465 e. The van der Waals surface area contributed by atoms with E-state index in [0.717, 1.165) is 19.3 Å². The summed E-state index contributed by atoms with van der Waals surface area (Å²) in [5, 5.41) is 0. The first-order chi connectivity index (χ1) is 10.2. The molecule has 0 heterocycles. The van der Waals surface area contributed by atoms with Crippen LogP contribution in [0.3, 0.4) is 0 Å². The minimum Gasteiger partial charge on any atom is -0.465 e. The van der Waals surface area contributed by atoms with Gasteiger partial charge in [0.2, 0.25) is 0 Å². The Labute approximate surface area is 140 Å². The number of halogens is 1. The number of esters is 2. The Morgan fingerprint density at radius 1 is 0.955 bits per heavy atom. The standard InChI is InChI=1S/C15H25BrO6/c1-12(2)13(17)19-10-11-22-21-9-7-5-6-8-20-14(18)15(3,4)16/h1,5-11H2,2-4H3. The summed E-state index contributed by atoms with van der Waals surface area (Å²) in [5.74, 6) is -0.707. The summed E-state index contributed by atoms with van der Waals surface area (Å²) in [6.07, 6.45) is 2.43. The second-order valence-electron chi connectivity index (χ2n) is 5.23. The fourth-order valence-corrected chi connectivity index (χ4v) is 1.30. The SMILES string of the molecule is C=C(C)C(=O)OCCOOCCCCCOC(=O)C(C)(C)Br. The molecule has 6 nitrogen and oxygen atoms in total. The van der Waals surface area contributed by atoms with Crippen LogP contribution in [0.1, 0.15) is 40.0 Å². The van der Waals surface area contributed by atoms with Gasteiger partial charge in [0.15, 0.2) is 0 Å². The Balaban J connectivity index is 3.29. The van der Waals surface area contributed by atoms with E-state index >= 15 is 0 Å². The summed E-state index contributed by atoms with van der Waals surface area (Å²) in [6, 6.07) is 0. The number of carbonyl (C=O) groups excluding carboxylic acids is 2. The first-order valence-electron chi connectivity index (χ1n) is 7.18. The number of alkyl halides is 1. The fraction of sp³-hybridized carbons (Fsp3) is 0.733. The first-order valence-corrected chi connectivity index (χ1v) is 7.97. The highest BCUT2D eigenvalue weighted by molar-refractivity contribution is 9.10. The van der Waals surface area contributed by atoms with Gasteiger partial charge in [-0.05, 0) is 40.0 Å². The minimum atomic E-state index is -0.641. The van der Waals surface area contributed by atoms with Gasteiger partial charge in [-0.25, -0.2) is 14.6 Å². The molecule has 0 spiro atoms. The molecular weight excluding hydrogens is 356 g/mol. The Kier molecular flexibility index (Phi) is 11.1. The van der Waals surface area contributed by atoms with Crippen LogP contribution in [-0.2, 0) is 28.8 Å². The number of hydrogen-bond acceptors (Lipinski definition) is 6. The van der Waals surface area contributed by atoms with Crippen molar-refractivity contribution in [2.24, 2.45) is 0 Å². The zero-order valence-corrected chi connectivity index (χ0v) is 15.1. The Hall–Kier alpha value is -0.920. The van der Waals surface area contributed by atoms with Crippen LogP contribution < -0.4 is 0 Å². The zero-order valence-electron chi connectivity index (χ0n) is 13.5. The topological polar surface area (TPSA) is 71.1 Å². The third-order valence-corrected chi connectivity index (χ3v) is 2.75. The normalized spacial score (nSPS) is 11.1. The van der Waals surface area contributed by atoms with Gasteiger partial charge in [0.1, 0.15) is 17.5 Å². The lowest BCUT2D eigenvalue weighted by molar-refractivity contribution is -0.298. The van der Waals surface area contributed by atoms with Crippen molar-refractivity contribution in [2.75, 3.05) is 26.4 Å². The van der Waals surface area contributed by atoms with Crippen molar-refractivity contribution in [3.63, 3.8) is 0 Å². The maximum atomic E-state index is 11.4.